The average Bonchev–Trinajstić information content (AvgIpc) is 2.31. The quantitative estimate of drug-likeness (QED) is 0.675. The Bertz CT molecular complexity index is 495. The molecule has 2 aromatic rings. The molecule has 0 bridgehead atoms. The molecule has 2 rings (SSSR count). The van der Waals surface area contributed by atoms with Crippen LogP contribution < -0.4 is 0 Å². The molecule has 0 fully saturated rings. The first-order chi connectivity index (χ1) is 8.16. The van der Waals surface area contributed by atoms with Crippen LogP contribution in [0.25, 0.3) is 11.3 Å². The third kappa shape index (κ3) is 3.72. The van der Waals surface area contributed by atoms with Crippen molar-refractivity contribution in [3.05, 3.63) is 52.1 Å². The standard InChI is InChI=1S/C12H9Cl2N.C2H6/c1-8-3-2-4-12(15-8)10-6-5-9(13)7-11(10)14;1-2/h2-7H,1H3;1-2H3. The molecule has 0 unspecified atom stereocenters. The highest BCUT2D eigenvalue weighted by Gasteiger charge is 2.05. The molecule has 3 heteroatoms. The van der Waals surface area contributed by atoms with Crippen molar-refractivity contribution >= 4 is 23.2 Å². The summed E-state index contributed by atoms with van der Waals surface area (Å²) in [6.07, 6.45) is 0. The van der Waals surface area contributed by atoms with Gasteiger partial charge >= 0.3 is 0 Å². The smallest absolute Gasteiger partial charge is 0.0720 e. The van der Waals surface area contributed by atoms with Crippen LogP contribution in [0.2, 0.25) is 10.0 Å². The first-order valence-electron chi connectivity index (χ1n) is 5.56. The van der Waals surface area contributed by atoms with Crippen molar-refractivity contribution in [3.8, 4) is 11.3 Å². The number of benzene rings is 1. The number of aryl methyl sites for hydroxylation is 1. The Balaban J connectivity index is 0.000000686. The van der Waals surface area contributed by atoms with Crippen LogP contribution in [0.5, 0.6) is 0 Å². The molecule has 0 atom stereocenters. The summed E-state index contributed by atoms with van der Waals surface area (Å²) in [7, 11) is 0. The summed E-state index contributed by atoms with van der Waals surface area (Å²) in [5.41, 5.74) is 2.75. The van der Waals surface area contributed by atoms with Crippen LogP contribution in [0, 0.1) is 6.92 Å². The maximum atomic E-state index is 6.09. The van der Waals surface area contributed by atoms with Crippen molar-refractivity contribution in [2.24, 2.45) is 0 Å². The lowest BCUT2D eigenvalue weighted by molar-refractivity contribution is 1.21. The van der Waals surface area contributed by atoms with Gasteiger partial charge in [-0.3, -0.25) is 4.98 Å². The summed E-state index contributed by atoms with van der Waals surface area (Å²) in [6.45, 7) is 5.95. The zero-order valence-corrected chi connectivity index (χ0v) is 11.7. The van der Waals surface area contributed by atoms with E-state index >= 15 is 0 Å². The third-order valence-electron chi connectivity index (χ3n) is 2.10. The minimum Gasteiger partial charge on any atom is -0.253 e. The second-order valence-electron chi connectivity index (χ2n) is 3.29. The zero-order chi connectivity index (χ0) is 12.8. The number of aromatic nitrogens is 1. The van der Waals surface area contributed by atoms with Gasteiger partial charge in [-0.2, -0.15) is 0 Å². The molecule has 1 nitrogen and oxygen atoms in total. The van der Waals surface area contributed by atoms with Crippen LogP contribution >= 0.6 is 23.2 Å². The maximum absolute atomic E-state index is 6.09. The highest BCUT2D eigenvalue weighted by atomic mass is 35.5. The van der Waals surface area contributed by atoms with Crippen molar-refractivity contribution in [2.75, 3.05) is 0 Å². The van der Waals surface area contributed by atoms with Gasteiger partial charge in [0.25, 0.3) is 0 Å². The molecule has 0 amide bonds. The van der Waals surface area contributed by atoms with Gasteiger partial charge in [-0.1, -0.05) is 43.1 Å². The molecule has 0 aliphatic rings. The van der Waals surface area contributed by atoms with E-state index in [2.05, 4.69) is 4.98 Å². The topological polar surface area (TPSA) is 12.9 Å². The molecular weight excluding hydrogens is 253 g/mol. The fraction of sp³-hybridized carbons (Fsp3) is 0.214. The molecule has 90 valence electrons. The Hall–Kier alpha value is -1.05. The van der Waals surface area contributed by atoms with Gasteiger partial charge in [-0.15, -0.1) is 0 Å². The highest BCUT2D eigenvalue weighted by molar-refractivity contribution is 6.36. The molecule has 0 saturated heterocycles. The van der Waals surface area contributed by atoms with Gasteiger partial charge < -0.3 is 0 Å². The van der Waals surface area contributed by atoms with Gasteiger partial charge in [-0.05, 0) is 37.3 Å². The second kappa shape index (κ2) is 6.63. The van der Waals surface area contributed by atoms with Gasteiger partial charge in [-0.25, -0.2) is 0 Å². The molecule has 17 heavy (non-hydrogen) atoms. The van der Waals surface area contributed by atoms with Crippen molar-refractivity contribution in [3.63, 3.8) is 0 Å². The predicted octanol–water partition coefficient (Wildman–Crippen LogP) is 5.39. The summed E-state index contributed by atoms with van der Waals surface area (Å²) in [5, 5.41) is 1.26. The van der Waals surface area contributed by atoms with Crippen LogP contribution in [-0.2, 0) is 0 Å². The van der Waals surface area contributed by atoms with Gasteiger partial charge in [0.1, 0.15) is 0 Å². The minimum atomic E-state index is 0.626. The Labute approximate surface area is 112 Å². The summed E-state index contributed by atoms with van der Waals surface area (Å²) < 4.78 is 0. The lowest BCUT2D eigenvalue weighted by Gasteiger charge is -2.04. The fourth-order valence-corrected chi connectivity index (χ4v) is 1.90. The monoisotopic (exact) mass is 267 g/mol. The number of halogens is 2. The van der Waals surface area contributed by atoms with Crippen molar-refractivity contribution in [1.29, 1.82) is 0 Å². The molecule has 1 aromatic carbocycles. The molecule has 0 N–H and O–H groups in total. The molecule has 0 aliphatic heterocycles. The van der Waals surface area contributed by atoms with Gasteiger partial charge in [0.15, 0.2) is 0 Å². The van der Waals surface area contributed by atoms with E-state index < -0.39 is 0 Å². The van der Waals surface area contributed by atoms with E-state index in [0.717, 1.165) is 17.0 Å². The Kier molecular flexibility index (Phi) is 5.46. The highest BCUT2D eigenvalue weighted by Crippen LogP contribution is 2.28. The number of pyridine rings is 1. The molecule has 0 radical (unpaired) electrons. The lowest BCUT2D eigenvalue weighted by Crippen LogP contribution is -1.86. The van der Waals surface area contributed by atoms with Crippen molar-refractivity contribution in [2.45, 2.75) is 20.8 Å². The van der Waals surface area contributed by atoms with E-state index in [9.17, 15) is 0 Å². The Morgan fingerprint density at radius 2 is 1.71 bits per heavy atom. The number of hydrogen-bond donors (Lipinski definition) is 0. The normalized spacial score (nSPS) is 9.47. The molecule has 0 saturated carbocycles. The number of rotatable bonds is 1. The zero-order valence-electron chi connectivity index (χ0n) is 10.2. The van der Waals surface area contributed by atoms with E-state index in [-0.39, 0.29) is 0 Å². The lowest BCUT2D eigenvalue weighted by atomic mass is 10.1. The largest absolute Gasteiger partial charge is 0.253 e. The van der Waals surface area contributed by atoms with Crippen LogP contribution in [-0.4, -0.2) is 4.98 Å². The van der Waals surface area contributed by atoms with Crippen LogP contribution in [0.1, 0.15) is 19.5 Å². The Morgan fingerprint density at radius 3 is 2.29 bits per heavy atom. The van der Waals surface area contributed by atoms with E-state index in [1.165, 1.54) is 0 Å². The van der Waals surface area contributed by atoms with E-state index in [1.54, 1.807) is 6.07 Å². The summed E-state index contributed by atoms with van der Waals surface area (Å²) >= 11 is 11.9. The van der Waals surface area contributed by atoms with Gasteiger partial charge in [0, 0.05) is 16.3 Å². The molecule has 1 heterocycles. The first-order valence-corrected chi connectivity index (χ1v) is 6.31. The van der Waals surface area contributed by atoms with E-state index in [4.69, 9.17) is 23.2 Å². The SMILES string of the molecule is CC.Cc1cccc(-c2ccc(Cl)cc2Cl)n1. The van der Waals surface area contributed by atoms with E-state index in [1.807, 2.05) is 51.1 Å². The number of nitrogens with zero attached hydrogens (tertiary/aromatic N) is 1. The summed E-state index contributed by atoms with van der Waals surface area (Å²) in [6, 6.07) is 11.3. The van der Waals surface area contributed by atoms with Gasteiger partial charge in [0.05, 0.1) is 10.7 Å². The summed E-state index contributed by atoms with van der Waals surface area (Å²) in [4.78, 5) is 4.41. The first kappa shape index (κ1) is 14.0. The Morgan fingerprint density at radius 1 is 1.00 bits per heavy atom. The molecule has 0 spiro atoms. The van der Waals surface area contributed by atoms with Crippen molar-refractivity contribution < 1.29 is 0 Å². The molecular formula is C14H15Cl2N. The maximum Gasteiger partial charge on any atom is 0.0720 e. The van der Waals surface area contributed by atoms with Crippen LogP contribution in [0.3, 0.4) is 0 Å². The molecule has 1 aromatic heterocycles. The predicted molar refractivity (Wildman–Crippen MR) is 75.8 cm³/mol. The van der Waals surface area contributed by atoms with E-state index in [0.29, 0.717) is 10.0 Å². The minimum absolute atomic E-state index is 0.626. The van der Waals surface area contributed by atoms with Gasteiger partial charge in [0.2, 0.25) is 0 Å². The van der Waals surface area contributed by atoms with Crippen LogP contribution in [0.4, 0.5) is 0 Å². The van der Waals surface area contributed by atoms with Crippen molar-refractivity contribution in [1.82, 2.24) is 4.98 Å². The molecule has 0 aliphatic carbocycles. The fourth-order valence-electron chi connectivity index (χ4n) is 1.39. The second-order valence-corrected chi connectivity index (χ2v) is 4.13. The van der Waals surface area contributed by atoms with Crippen LogP contribution in [0.15, 0.2) is 36.4 Å². The third-order valence-corrected chi connectivity index (χ3v) is 2.64. The summed E-state index contributed by atoms with van der Waals surface area (Å²) in [5.74, 6) is 0. The average molecular weight is 268 g/mol. The number of hydrogen-bond acceptors (Lipinski definition) is 1.